The number of anilines is 1. The molecule has 0 radical (unpaired) electrons. The second-order valence-corrected chi connectivity index (χ2v) is 9.00. The fourth-order valence-electron chi connectivity index (χ4n) is 3.23. The Kier molecular flexibility index (Phi) is 6.56. The summed E-state index contributed by atoms with van der Waals surface area (Å²) in [6, 6.07) is 10.6. The molecule has 0 spiro atoms. The smallest absolute Gasteiger partial charge is 0.257 e. The number of piperidine rings is 1. The van der Waals surface area contributed by atoms with Crippen molar-refractivity contribution in [1.82, 2.24) is 9.62 Å². The molecule has 0 bridgehead atoms. The Labute approximate surface area is 175 Å². The van der Waals surface area contributed by atoms with Crippen molar-refractivity contribution in [3.8, 4) is 0 Å². The molecule has 1 aliphatic rings. The van der Waals surface area contributed by atoms with Crippen LogP contribution in [0.5, 0.6) is 0 Å². The third kappa shape index (κ3) is 4.60. The molecule has 7 nitrogen and oxygen atoms in total. The molecule has 0 atom stereocenters. The van der Waals surface area contributed by atoms with Crippen molar-refractivity contribution >= 4 is 39.1 Å². The second-order valence-electron chi connectivity index (χ2n) is 6.69. The van der Waals surface area contributed by atoms with Crippen LogP contribution in [-0.4, -0.2) is 44.7 Å². The van der Waals surface area contributed by atoms with E-state index in [0.29, 0.717) is 18.8 Å². The third-order valence-corrected chi connectivity index (χ3v) is 7.05. The van der Waals surface area contributed by atoms with Gasteiger partial charge in [0, 0.05) is 25.8 Å². The van der Waals surface area contributed by atoms with E-state index in [1.165, 1.54) is 35.6 Å². The second kappa shape index (κ2) is 8.94. The highest BCUT2D eigenvalue weighted by molar-refractivity contribution is 7.89. The number of nitrogens with one attached hydrogen (secondary N) is 2. The van der Waals surface area contributed by atoms with Gasteiger partial charge in [0.2, 0.25) is 10.0 Å². The van der Waals surface area contributed by atoms with Crippen molar-refractivity contribution in [3.05, 3.63) is 58.6 Å². The molecule has 154 valence electrons. The number of carbonyl (C=O) groups is 2. The van der Waals surface area contributed by atoms with E-state index in [-0.39, 0.29) is 27.0 Å². The number of hydrogen-bond donors (Lipinski definition) is 2. The molecule has 2 N–H and O–H groups in total. The molecule has 0 unspecified atom stereocenters. The largest absolute Gasteiger partial charge is 0.355 e. The maximum Gasteiger partial charge on any atom is 0.257 e. The van der Waals surface area contributed by atoms with Crippen molar-refractivity contribution in [2.45, 2.75) is 24.2 Å². The van der Waals surface area contributed by atoms with Crippen LogP contribution in [0.15, 0.2) is 47.4 Å². The van der Waals surface area contributed by atoms with E-state index in [1.807, 2.05) is 0 Å². The minimum absolute atomic E-state index is 0.0279. The topological polar surface area (TPSA) is 95.6 Å². The van der Waals surface area contributed by atoms with E-state index in [1.54, 1.807) is 18.2 Å². The molecule has 3 rings (SSSR count). The lowest BCUT2D eigenvalue weighted by Crippen LogP contribution is -2.36. The Morgan fingerprint density at radius 3 is 2.34 bits per heavy atom. The van der Waals surface area contributed by atoms with E-state index in [0.717, 1.165) is 19.3 Å². The highest BCUT2D eigenvalue weighted by Crippen LogP contribution is 2.25. The van der Waals surface area contributed by atoms with Crippen molar-refractivity contribution in [3.63, 3.8) is 0 Å². The average molecular weight is 436 g/mol. The fourth-order valence-corrected chi connectivity index (χ4v) is 5.14. The molecule has 1 saturated heterocycles. The van der Waals surface area contributed by atoms with E-state index in [2.05, 4.69) is 10.6 Å². The molecule has 29 heavy (non-hydrogen) atoms. The lowest BCUT2D eigenvalue weighted by Gasteiger charge is -2.26. The minimum atomic E-state index is -3.77. The fraction of sp³-hybridized carbons (Fsp3) is 0.300. The SMILES string of the molecule is CNC(=O)c1cc(NC(=O)c2ccccc2S(=O)(=O)N2CCCCC2)ccc1Cl. The van der Waals surface area contributed by atoms with Gasteiger partial charge in [-0.3, -0.25) is 9.59 Å². The molecule has 1 aliphatic heterocycles. The van der Waals surface area contributed by atoms with Crippen molar-refractivity contribution in [2.75, 3.05) is 25.5 Å². The van der Waals surface area contributed by atoms with E-state index in [9.17, 15) is 18.0 Å². The first kappa shape index (κ1) is 21.3. The first-order valence-electron chi connectivity index (χ1n) is 9.27. The van der Waals surface area contributed by atoms with Gasteiger partial charge in [-0.25, -0.2) is 8.42 Å². The lowest BCUT2D eigenvalue weighted by molar-refractivity contribution is 0.0961. The standard InChI is InChI=1S/C20H22ClN3O4S/c1-22-19(25)16-13-14(9-10-17(16)21)23-20(26)15-7-3-4-8-18(15)29(27,28)24-11-5-2-6-12-24/h3-4,7-10,13H,2,5-6,11-12H2,1H3,(H,22,25)(H,23,26). The number of sulfonamides is 1. The maximum absolute atomic E-state index is 13.1. The quantitative estimate of drug-likeness (QED) is 0.754. The van der Waals surface area contributed by atoms with Gasteiger partial charge in [-0.1, -0.05) is 30.2 Å². The summed E-state index contributed by atoms with van der Waals surface area (Å²) in [6.07, 6.45) is 2.61. The molecule has 9 heteroatoms. The van der Waals surface area contributed by atoms with Crippen LogP contribution in [-0.2, 0) is 10.0 Å². The van der Waals surface area contributed by atoms with E-state index >= 15 is 0 Å². The molecule has 0 aromatic heterocycles. The Morgan fingerprint density at radius 1 is 0.966 bits per heavy atom. The van der Waals surface area contributed by atoms with Crippen LogP contribution in [0, 0.1) is 0 Å². The van der Waals surface area contributed by atoms with Crippen LogP contribution in [0.4, 0.5) is 5.69 Å². The number of rotatable bonds is 5. The predicted molar refractivity (Wildman–Crippen MR) is 112 cm³/mol. The number of amides is 2. The van der Waals surface area contributed by atoms with Crippen LogP contribution in [0.2, 0.25) is 5.02 Å². The van der Waals surface area contributed by atoms with Gasteiger partial charge in [0.15, 0.2) is 0 Å². The highest BCUT2D eigenvalue weighted by atomic mass is 35.5. The molecule has 0 aliphatic carbocycles. The summed E-state index contributed by atoms with van der Waals surface area (Å²) in [6.45, 7) is 0.899. The summed E-state index contributed by atoms with van der Waals surface area (Å²) in [5.41, 5.74) is 0.596. The predicted octanol–water partition coefficient (Wildman–Crippen LogP) is 3.13. The zero-order chi connectivity index (χ0) is 21.0. The van der Waals surface area contributed by atoms with Crippen LogP contribution in [0.25, 0.3) is 0 Å². The lowest BCUT2D eigenvalue weighted by atomic mass is 10.1. The minimum Gasteiger partial charge on any atom is -0.355 e. The van der Waals surface area contributed by atoms with Crippen molar-refractivity contribution in [2.24, 2.45) is 0 Å². The Bertz CT molecular complexity index is 1030. The van der Waals surface area contributed by atoms with Gasteiger partial charge in [-0.2, -0.15) is 4.31 Å². The van der Waals surface area contributed by atoms with Gasteiger partial charge >= 0.3 is 0 Å². The van der Waals surface area contributed by atoms with Crippen LogP contribution < -0.4 is 10.6 Å². The van der Waals surface area contributed by atoms with Gasteiger partial charge in [0.1, 0.15) is 0 Å². The number of halogens is 1. The van der Waals surface area contributed by atoms with Gasteiger partial charge < -0.3 is 10.6 Å². The first-order valence-corrected chi connectivity index (χ1v) is 11.1. The summed E-state index contributed by atoms with van der Waals surface area (Å²) in [5.74, 6) is -0.967. The molecule has 2 aromatic rings. The molecular weight excluding hydrogens is 414 g/mol. The zero-order valence-electron chi connectivity index (χ0n) is 15.9. The van der Waals surface area contributed by atoms with Crippen molar-refractivity contribution in [1.29, 1.82) is 0 Å². The average Bonchev–Trinajstić information content (AvgIpc) is 2.75. The van der Waals surface area contributed by atoms with Gasteiger partial charge in [-0.05, 0) is 43.2 Å². The monoisotopic (exact) mass is 435 g/mol. The van der Waals surface area contributed by atoms with Crippen molar-refractivity contribution < 1.29 is 18.0 Å². The molecule has 2 aromatic carbocycles. The molecule has 1 heterocycles. The van der Waals surface area contributed by atoms with Crippen LogP contribution in [0.1, 0.15) is 40.0 Å². The van der Waals surface area contributed by atoms with E-state index in [4.69, 9.17) is 11.6 Å². The summed E-state index contributed by atoms with van der Waals surface area (Å²) in [4.78, 5) is 24.8. The van der Waals surface area contributed by atoms with Crippen LogP contribution in [0.3, 0.4) is 0 Å². The number of carbonyl (C=O) groups excluding carboxylic acids is 2. The number of hydrogen-bond acceptors (Lipinski definition) is 4. The number of benzene rings is 2. The molecule has 0 saturated carbocycles. The maximum atomic E-state index is 13.1. The summed E-state index contributed by atoms with van der Waals surface area (Å²) < 4.78 is 27.6. The van der Waals surface area contributed by atoms with Gasteiger partial charge in [0.05, 0.1) is 21.0 Å². The number of nitrogens with zero attached hydrogens (tertiary/aromatic N) is 1. The molecule has 1 fully saturated rings. The van der Waals surface area contributed by atoms with Gasteiger partial charge in [0.25, 0.3) is 11.8 Å². The highest BCUT2D eigenvalue weighted by Gasteiger charge is 2.29. The Morgan fingerprint density at radius 2 is 1.66 bits per heavy atom. The first-order chi connectivity index (χ1) is 13.8. The zero-order valence-corrected chi connectivity index (χ0v) is 17.5. The van der Waals surface area contributed by atoms with Gasteiger partial charge in [-0.15, -0.1) is 0 Å². The summed E-state index contributed by atoms with van der Waals surface area (Å²) >= 11 is 6.04. The Balaban J connectivity index is 1.90. The van der Waals surface area contributed by atoms with Crippen LogP contribution >= 0.6 is 11.6 Å². The summed E-state index contributed by atoms with van der Waals surface area (Å²) in [7, 11) is -2.30. The molecular formula is C20H22ClN3O4S. The van der Waals surface area contributed by atoms with E-state index < -0.39 is 15.9 Å². The normalized spacial score (nSPS) is 15.0. The molecule has 2 amide bonds. The Hall–Kier alpha value is -2.42. The third-order valence-electron chi connectivity index (χ3n) is 4.76. The summed E-state index contributed by atoms with van der Waals surface area (Å²) in [5, 5.41) is 5.38.